The largest absolute Gasteiger partial charge is 0.244 e. The third-order valence-corrected chi connectivity index (χ3v) is 21.0. The number of benzene rings is 4. The standard InChI is InChI=1S/C57H81N3O6S3/c1-31(2)40-19-43(34(7)8)55(44(20-40)35(9)10)67(61,62)58-25-49-50(26-58)52-28-60(69(65,66)57-47(38(15)16)23-42(33(5)6)24-48(57)39(17)18)30-54(52)53-29-59(27-51(49)53)68(63,64)56-45(36(11)12)21-41(32(3)4)22-46(56)37(13)14/h19-24,31-39H,25-30H2,1-18H3. The second-order valence-electron chi connectivity index (χ2n) is 23.2. The van der Waals surface area contributed by atoms with E-state index in [9.17, 15) is 0 Å². The fourth-order valence-corrected chi connectivity index (χ4v) is 17.0. The lowest BCUT2D eigenvalue weighted by atomic mass is 9.89. The van der Waals surface area contributed by atoms with Gasteiger partial charge in [0, 0.05) is 39.3 Å². The van der Waals surface area contributed by atoms with E-state index in [0.717, 1.165) is 83.5 Å². The molecule has 0 aromatic heterocycles. The van der Waals surface area contributed by atoms with Crippen LogP contribution in [0.1, 0.15) is 261 Å². The SMILES string of the molecule is CC(C)c1cc(C(C)C)c(S(=O)(=O)N2Cc3c4c(c5c(c3C2)CN(S(=O)(=O)c2c(C(C)C)cc(C(C)C)cc2C(C)C)C5)CN(S(=O)(=O)c2c(C(C)C)cc(C(C)C)cc2C(C)C)C4)c(C(C)C)c1. The summed E-state index contributed by atoms with van der Waals surface area (Å²) in [6.07, 6.45) is 0. The van der Waals surface area contributed by atoms with Crippen molar-refractivity contribution in [2.45, 2.75) is 232 Å². The third-order valence-electron chi connectivity index (χ3n) is 15.2. The Morgan fingerprint density at radius 2 is 0.420 bits per heavy atom. The van der Waals surface area contributed by atoms with Gasteiger partial charge in [0.25, 0.3) is 0 Å². The van der Waals surface area contributed by atoms with Crippen molar-refractivity contribution < 1.29 is 25.3 Å². The van der Waals surface area contributed by atoms with Crippen LogP contribution in [0.3, 0.4) is 0 Å². The van der Waals surface area contributed by atoms with Crippen molar-refractivity contribution in [3.8, 4) is 0 Å². The van der Waals surface area contributed by atoms with Crippen molar-refractivity contribution in [1.82, 2.24) is 12.9 Å². The molecule has 7 rings (SSSR count). The Morgan fingerprint density at radius 3 is 0.536 bits per heavy atom. The van der Waals surface area contributed by atoms with Gasteiger partial charge < -0.3 is 0 Å². The Hall–Kier alpha value is -3.39. The van der Waals surface area contributed by atoms with Crippen molar-refractivity contribution >= 4 is 30.1 Å². The normalized spacial score (nSPS) is 16.4. The molecule has 0 unspecified atom stereocenters. The van der Waals surface area contributed by atoms with Crippen molar-refractivity contribution in [2.24, 2.45) is 0 Å². The van der Waals surface area contributed by atoms with Crippen LogP contribution in [-0.2, 0) is 69.3 Å². The quantitative estimate of drug-likeness (QED) is 0.117. The molecule has 0 spiro atoms. The first kappa shape index (κ1) is 53.4. The summed E-state index contributed by atoms with van der Waals surface area (Å²) >= 11 is 0. The molecule has 0 amide bonds. The summed E-state index contributed by atoms with van der Waals surface area (Å²) in [5.74, 6) is 0.229. The van der Waals surface area contributed by atoms with Crippen molar-refractivity contribution in [3.63, 3.8) is 0 Å². The molecule has 0 N–H and O–H groups in total. The average molecular weight is 1000 g/mol. The van der Waals surface area contributed by atoms with E-state index in [1.165, 1.54) is 0 Å². The van der Waals surface area contributed by atoms with Crippen molar-refractivity contribution in [2.75, 3.05) is 0 Å². The van der Waals surface area contributed by atoms with Crippen LogP contribution in [0, 0.1) is 0 Å². The fraction of sp³-hybridized carbons (Fsp3) is 0.579. The van der Waals surface area contributed by atoms with Crippen LogP contribution < -0.4 is 0 Å². The molecule has 69 heavy (non-hydrogen) atoms. The van der Waals surface area contributed by atoms with E-state index in [1.54, 1.807) is 12.9 Å². The highest BCUT2D eigenvalue weighted by Gasteiger charge is 2.46. The van der Waals surface area contributed by atoms with Crippen molar-refractivity contribution in [1.29, 1.82) is 0 Å². The molecule has 0 fully saturated rings. The second kappa shape index (κ2) is 19.2. The Balaban J connectivity index is 1.43. The van der Waals surface area contributed by atoms with Gasteiger partial charge in [-0.15, -0.1) is 0 Å². The van der Waals surface area contributed by atoms with Gasteiger partial charge in [-0.05, 0) is 137 Å². The van der Waals surface area contributed by atoms with Crippen LogP contribution in [0.15, 0.2) is 51.1 Å². The van der Waals surface area contributed by atoms with E-state index >= 15 is 25.3 Å². The second-order valence-corrected chi connectivity index (χ2v) is 28.8. The summed E-state index contributed by atoms with van der Waals surface area (Å²) in [4.78, 5) is 1.06. The summed E-state index contributed by atoms with van der Waals surface area (Å²) in [6, 6.07) is 12.4. The average Bonchev–Trinajstić information content (AvgIpc) is 4.03. The van der Waals surface area contributed by atoms with E-state index in [4.69, 9.17) is 0 Å². The van der Waals surface area contributed by atoms with Gasteiger partial charge in [-0.25, -0.2) is 25.3 Å². The summed E-state index contributed by atoms with van der Waals surface area (Å²) in [7, 11) is -12.4. The summed E-state index contributed by atoms with van der Waals surface area (Å²) in [5, 5.41) is 0. The van der Waals surface area contributed by atoms with Gasteiger partial charge in [0.1, 0.15) is 0 Å². The van der Waals surface area contributed by atoms with E-state index in [1.807, 2.05) is 83.1 Å². The Kier molecular flexibility index (Phi) is 14.9. The molecule has 4 aromatic carbocycles. The van der Waals surface area contributed by atoms with Crippen LogP contribution in [0.2, 0.25) is 0 Å². The third kappa shape index (κ3) is 9.35. The van der Waals surface area contributed by atoms with Gasteiger partial charge in [-0.3, -0.25) is 0 Å². The number of nitrogens with zero attached hydrogens (tertiary/aromatic N) is 3. The minimum absolute atomic E-state index is 0.0656. The number of rotatable bonds is 15. The van der Waals surface area contributed by atoms with Crippen LogP contribution >= 0.6 is 0 Å². The van der Waals surface area contributed by atoms with Gasteiger partial charge >= 0.3 is 0 Å². The minimum atomic E-state index is -4.12. The number of hydrogen-bond donors (Lipinski definition) is 0. The topological polar surface area (TPSA) is 112 Å². The molecule has 0 saturated heterocycles. The highest BCUT2D eigenvalue weighted by molar-refractivity contribution is 7.89. The molecule has 3 aliphatic rings. The van der Waals surface area contributed by atoms with E-state index < -0.39 is 30.1 Å². The predicted molar refractivity (Wildman–Crippen MR) is 282 cm³/mol. The predicted octanol–water partition coefficient (Wildman–Crippen LogP) is 13.9. The number of sulfonamides is 3. The van der Waals surface area contributed by atoms with E-state index in [-0.39, 0.29) is 92.5 Å². The zero-order valence-corrected chi connectivity index (χ0v) is 47.4. The Bertz CT molecular complexity index is 2540. The minimum Gasteiger partial charge on any atom is -0.207 e. The molecule has 9 nitrogen and oxygen atoms in total. The Labute approximate surface area is 417 Å². The molecule has 0 atom stereocenters. The smallest absolute Gasteiger partial charge is 0.207 e. The molecule has 0 bridgehead atoms. The van der Waals surface area contributed by atoms with Gasteiger partial charge in [-0.1, -0.05) is 161 Å². The molecular weight excluding hydrogens is 919 g/mol. The maximum absolute atomic E-state index is 15.5. The number of hydrogen-bond acceptors (Lipinski definition) is 6. The fourth-order valence-electron chi connectivity index (χ4n) is 10.9. The monoisotopic (exact) mass is 1000 g/mol. The highest BCUT2D eigenvalue weighted by atomic mass is 32.2. The van der Waals surface area contributed by atoms with Gasteiger partial charge in [0.05, 0.1) is 14.7 Å². The molecule has 12 heteroatoms. The summed E-state index contributed by atoms with van der Waals surface area (Å²) in [6.45, 7) is 37.7. The first-order valence-electron chi connectivity index (χ1n) is 25.6. The maximum Gasteiger partial charge on any atom is 0.244 e. The lowest BCUT2D eigenvalue weighted by molar-refractivity contribution is 0.420. The van der Waals surface area contributed by atoms with Gasteiger partial charge in [-0.2, -0.15) is 12.9 Å². The van der Waals surface area contributed by atoms with Gasteiger partial charge in [0.15, 0.2) is 0 Å². The molecule has 4 aromatic rings. The molecule has 0 radical (unpaired) electrons. The zero-order chi connectivity index (χ0) is 51.3. The lowest BCUT2D eigenvalue weighted by Gasteiger charge is -2.26. The molecule has 0 saturated carbocycles. The van der Waals surface area contributed by atoms with Crippen LogP contribution in [0.5, 0.6) is 0 Å². The van der Waals surface area contributed by atoms with Crippen LogP contribution in [0.25, 0.3) is 0 Å². The maximum atomic E-state index is 15.5. The molecular formula is C57H81N3O6S3. The lowest BCUT2D eigenvalue weighted by Crippen LogP contribution is -2.29. The van der Waals surface area contributed by atoms with E-state index in [0.29, 0.717) is 14.7 Å². The summed E-state index contributed by atoms with van der Waals surface area (Å²) in [5.41, 5.74) is 12.9. The highest BCUT2D eigenvalue weighted by Crippen LogP contribution is 2.49. The van der Waals surface area contributed by atoms with Crippen LogP contribution in [-0.4, -0.2) is 38.2 Å². The van der Waals surface area contributed by atoms with Crippen LogP contribution in [0.4, 0.5) is 0 Å². The molecule has 3 aliphatic heterocycles. The first-order valence-corrected chi connectivity index (χ1v) is 30.0. The van der Waals surface area contributed by atoms with Gasteiger partial charge in [0.2, 0.25) is 30.1 Å². The molecule has 3 heterocycles. The van der Waals surface area contributed by atoms with Crippen molar-refractivity contribution in [3.05, 3.63) is 120 Å². The molecule has 0 aliphatic carbocycles. The Morgan fingerprint density at radius 1 is 0.275 bits per heavy atom. The molecule has 378 valence electrons. The zero-order valence-electron chi connectivity index (χ0n) is 44.9. The number of fused-ring (bicyclic) bond motifs is 6. The first-order chi connectivity index (χ1) is 31.9. The van der Waals surface area contributed by atoms with E-state index in [2.05, 4.69) is 77.9 Å². The summed E-state index contributed by atoms with van der Waals surface area (Å²) < 4.78 is 97.9.